The zero-order chi connectivity index (χ0) is 11.3. The van der Waals surface area contributed by atoms with Gasteiger partial charge in [0.25, 0.3) is 0 Å². The summed E-state index contributed by atoms with van der Waals surface area (Å²) in [5, 5.41) is 0. The van der Waals surface area contributed by atoms with Crippen LogP contribution in [0.3, 0.4) is 0 Å². The summed E-state index contributed by atoms with van der Waals surface area (Å²) in [6, 6.07) is 0. The highest BCUT2D eigenvalue weighted by Crippen LogP contribution is 2.54. The minimum absolute atomic E-state index is 0.349. The molecule has 0 radical (unpaired) electrons. The van der Waals surface area contributed by atoms with Crippen LogP contribution < -0.4 is 0 Å². The third-order valence-electron chi connectivity index (χ3n) is 4.54. The lowest BCUT2D eigenvalue weighted by Crippen LogP contribution is -2.23. The molecule has 0 spiro atoms. The lowest BCUT2D eigenvalue weighted by molar-refractivity contribution is 0.357. The topological polar surface area (TPSA) is 0 Å². The summed E-state index contributed by atoms with van der Waals surface area (Å²) in [4.78, 5) is 0. The molecule has 2 aliphatic rings. The maximum atomic E-state index is 2.51. The first-order valence-electron chi connectivity index (χ1n) is 6.35. The molecular weight excluding hydrogens is 180 g/mol. The minimum atomic E-state index is 0.349. The molecule has 0 aliphatic heterocycles. The van der Waals surface area contributed by atoms with Crippen LogP contribution in [0.25, 0.3) is 0 Å². The first kappa shape index (κ1) is 11.0. The van der Waals surface area contributed by atoms with Crippen molar-refractivity contribution in [2.45, 2.75) is 60.3 Å². The molecule has 0 bridgehead atoms. The number of hydrogen-bond donors (Lipinski definition) is 0. The second-order valence-electron chi connectivity index (χ2n) is 6.28. The Morgan fingerprint density at radius 3 is 2.40 bits per heavy atom. The maximum absolute atomic E-state index is 2.51. The van der Waals surface area contributed by atoms with Crippen molar-refractivity contribution in [2.75, 3.05) is 0 Å². The van der Waals surface area contributed by atoms with Crippen molar-refractivity contribution < 1.29 is 0 Å². The SMILES string of the molecule is CCC1=CC2=C(CCCC2(C)C)C1(C)C. The molecule has 0 heterocycles. The Bertz CT molecular complexity index is 337. The van der Waals surface area contributed by atoms with E-state index in [1.54, 1.807) is 16.7 Å². The van der Waals surface area contributed by atoms with Gasteiger partial charge in [-0.05, 0) is 36.7 Å². The highest BCUT2D eigenvalue weighted by Gasteiger charge is 2.40. The van der Waals surface area contributed by atoms with E-state index in [-0.39, 0.29) is 0 Å². The van der Waals surface area contributed by atoms with Crippen LogP contribution in [-0.2, 0) is 0 Å². The Labute approximate surface area is 94.5 Å². The second kappa shape index (κ2) is 3.23. The number of rotatable bonds is 1. The predicted molar refractivity (Wildman–Crippen MR) is 66.8 cm³/mol. The van der Waals surface area contributed by atoms with E-state index >= 15 is 0 Å². The highest BCUT2D eigenvalue weighted by molar-refractivity contribution is 5.49. The monoisotopic (exact) mass is 204 g/mol. The molecular formula is C15H24. The van der Waals surface area contributed by atoms with Crippen LogP contribution >= 0.6 is 0 Å². The minimum Gasteiger partial charge on any atom is -0.0616 e. The van der Waals surface area contributed by atoms with Gasteiger partial charge < -0.3 is 0 Å². The highest BCUT2D eigenvalue weighted by atomic mass is 14.4. The summed E-state index contributed by atoms with van der Waals surface area (Å²) in [6.07, 6.45) is 7.77. The summed E-state index contributed by atoms with van der Waals surface area (Å²) in [6.45, 7) is 11.9. The quantitative estimate of drug-likeness (QED) is 0.571. The molecule has 0 atom stereocenters. The predicted octanol–water partition coefficient (Wildman–Crippen LogP) is 4.87. The Morgan fingerprint density at radius 2 is 1.87 bits per heavy atom. The third-order valence-corrected chi connectivity index (χ3v) is 4.54. The summed E-state index contributed by atoms with van der Waals surface area (Å²) in [5.41, 5.74) is 5.80. The van der Waals surface area contributed by atoms with Crippen molar-refractivity contribution in [1.82, 2.24) is 0 Å². The van der Waals surface area contributed by atoms with E-state index < -0.39 is 0 Å². The fourth-order valence-corrected chi connectivity index (χ4v) is 3.41. The van der Waals surface area contributed by atoms with E-state index in [1.165, 1.54) is 25.7 Å². The lowest BCUT2D eigenvalue weighted by Gasteiger charge is -2.36. The van der Waals surface area contributed by atoms with Crippen molar-refractivity contribution in [2.24, 2.45) is 10.8 Å². The first-order valence-corrected chi connectivity index (χ1v) is 6.35. The van der Waals surface area contributed by atoms with E-state index in [4.69, 9.17) is 0 Å². The van der Waals surface area contributed by atoms with Crippen LogP contribution in [0.5, 0.6) is 0 Å². The van der Waals surface area contributed by atoms with E-state index in [0.717, 1.165) is 0 Å². The van der Waals surface area contributed by atoms with Gasteiger partial charge in [-0.1, -0.05) is 51.8 Å². The van der Waals surface area contributed by atoms with Crippen LogP contribution in [0, 0.1) is 10.8 Å². The van der Waals surface area contributed by atoms with Crippen LogP contribution in [-0.4, -0.2) is 0 Å². The van der Waals surface area contributed by atoms with Crippen LogP contribution in [0.1, 0.15) is 60.3 Å². The third kappa shape index (κ3) is 1.49. The van der Waals surface area contributed by atoms with Crippen molar-refractivity contribution in [1.29, 1.82) is 0 Å². The molecule has 0 unspecified atom stereocenters. The smallest absolute Gasteiger partial charge is 0.00731 e. The van der Waals surface area contributed by atoms with E-state index in [2.05, 4.69) is 40.7 Å². The van der Waals surface area contributed by atoms with Gasteiger partial charge in [0, 0.05) is 5.41 Å². The lowest BCUT2D eigenvalue weighted by atomic mass is 9.69. The van der Waals surface area contributed by atoms with E-state index in [1.807, 2.05) is 0 Å². The zero-order valence-corrected chi connectivity index (χ0v) is 10.9. The normalized spacial score (nSPS) is 27.7. The van der Waals surface area contributed by atoms with Gasteiger partial charge in [0.05, 0.1) is 0 Å². The van der Waals surface area contributed by atoms with Gasteiger partial charge in [-0.2, -0.15) is 0 Å². The summed E-state index contributed by atoms with van der Waals surface area (Å²) in [5.74, 6) is 0. The molecule has 0 aromatic heterocycles. The molecule has 0 aromatic carbocycles. The molecule has 2 aliphatic carbocycles. The summed E-state index contributed by atoms with van der Waals surface area (Å²) >= 11 is 0. The van der Waals surface area contributed by atoms with Crippen LogP contribution in [0.4, 0.5) is 0 Å². The molecule has 0 fully saturated rings. The van der Waals surface area contributed by atoms with Gasteiger partial charge >= 0.3 is 0 Å². The molecule has 0 saturated carbocycles. The van der Waals surface area contributed by atoms with Crippen LogP contribution in [0.15, 0.2) is 22.8 Å². The zero-order valence-electron chi connectivity index (χ0n) is 10.9. The molecule has 0 aromatic rings. The van der Waals surface area contributed by atoms with Gasteiger partial charge in [-0.25, -0.2) is 0 Å². The molecule has 2 rings (SSSR count). The Kier molecular flexibility index (Phi) is 2.37. The number of allylic oxidation sites excluding steroid dienone is 4. The molecule has 0 saturated heterocycles. The molecule has 0 nitrogen and oxygen atoms in total. The molecule has 15 heavy (non-hydrogen) atoms. The number of hydrogen-bond acceptors (Lipinski definition) is 0. The van der Waals surface area contributed by atoms with Crippen molar-refractivity contribution >= 4 is 0 Å². The Hall–Kier alpha value is -0.520. The van der Waals surface area contributed by atoms with E-state index in [0.29, 0.717) is 10.8 Å². The Morgan fingerprint density at radius 1 is 1.20 bits per heavy atom. The van der Waals surface area contributed by atoms with Gasteiger partial charge in [0.2, 0.25) is 0 Å². The van der Waals surface area contributed by atoms with Gasteiger partial charge in [-0.15, -0.1) is 0 Å². The molecule has 0 amide bonds. The average molecular weight is 204 g/mol. The molecule has 0 N–H and O–H groups in total. The van der Waals surface area contributed by atoms with Crippen molar-refractivity contribution in [3.63, 3.8) is 0 Å². The first-order chi connectivity index (χ1) is 6.89. The second-order valence-corrected chi connectivity index (χ2v) is 6.28. The van der Waals surface area contributed by atoms with Crippen molar-refractivity contribution in [3.05, 3.63) is 22.8 Å². The van der Waals surface area contributed by atoms with Gasteiger partial charge in [0.1, 0.15) is 0 Å². The molecule has 0 heteroatoms. The van der Waals surface area contributed by atoms with Crippen molar-refractivity contribution in [3.8, 4) is 0 Å². The van der Waals surface area contributed by atoms with E-state index in [9.17, 15) is 0 Å². The standard InChI is InChI=1S/C15H24/c1-6-11-10-13-12(15(11,4)5)8-7-9-14(13,2)3/h10H,6-9H2,1-5H3. The fourth-order valence-electron chi connectivity index (χ4n) is 3.41. The average Bonchev–Trinajstić information content (AvgIpc) is 2.39. The van der Waals surface area contributed by atoms with Crippen LogP contribution in [0.2, 0.25) is 0 Å². The Balaban J connectivity index is 2.49. The summed E-state index contributed by atoms with van der Waals surface area (Å²) < 4.78 is 0. The maximum Gasteiger partial charge on any atom is 0.00731 e. The fraction of sp³-hybridized carbons (Fsp3) is 0.733. The largest absolute Gasteiger partial charge is 0.0616 e. The van der Waals surface area contributed by atoms with Gasteiger partial charge in [0.15, 0.2) is 0 Å². The summed E-state index contributed by atoms with van der Waals surface area (Å²) in [7, 11) is 0. The molecule has 84 valence electrons. The van der Waals surface area contributed by atoms with Gasteiger partial charge in [-0.3, -0.25) is 0 Å².